The minimum absolute atomic E-state index is 0.413. The highest BCUT2D eigenvalue weighted by Gasteiger charge is 2.23. The Bertz CT molecular complexity index is 1180. The molecule has 1 aliphatic rings. The van der Waals surface area contributed by atoms with Crippen molar-refractivity contribution in [1.29, 1.82) is 0 Å². The van der Waals surface area contributed by atoms with Crippen molar-refractivity contribution in [2.24, 2.45) is 0 Å². The van der Waals surface area contributed by atoms with Gasteiger partial charge in [-0.05, 0) is 66.6 Å². The van der Waals surface area contributed by atoms with Gasteiger partial charge >= 0.3 is 0 Å². The number of hydrogen-bond donors (Lipinski definition) is 0. The molecule has 0 amide bonds. The lowest BCUT2D eigenvalue weighted by Crippen LogP contribution is -2.16. The van der Waals surface area contributed by atoms with Gasteiger partial charge in [0.05, 0.1) is 5.69 Å². The summed E-state index contributed by atoms with van der Waals surface area (Å²) in [6, 6.07) is 20.8. The highest BCUT2D eigenvalue weighted by atomic mass is 16.5. The Morgan fingerprint density at radius 1 is 0.968 bits per heavy atom. The van der Waals surface area contributed by atoms with E-state index in [1.54, 1.807) is 0 Å². The average Bonchev–Trinajstić information content (AvgIpc) is 2.83. The second kappa shape index (κ2) is 8.86. The molecule has 0 radical (unpaired) electrons. The lowest BCUT2D eigenvalue weighted by Gasteiger charge is -2.25. The number of pyridine rings is 2. The van der Waals surface area contributed by atoms with Crippen LogP contribution >= 0.6 is 0 Å². The molecule has 1 fully saturated rings. The fraction of sp³-hybridized carbons (Fsp3) is 0.259. The first-order valence-electron chi connectivity index (χ1n) is 10.9. The molecule has 31 heavy (non-hydrogen) atoms. The minimum atomic E-state index is 0.413. The predicted molar refractivity (Wildman–Crippen MR) is 123 cm³/mol. The molecule has 5 rings (SSSR count). The normalized spacial score (nSPS) is 14.6. The van der Waals surface area contributed by atoms with Gasteiger partial charge in [0.25, 0.3) is 0 Å². The number of fused-ring (bicyclic) bond motifs is 1. The van der Waals surface area contributed by atoms with Crippen molar-refractivity contribution < 1.29 is 9.47 Å². The topological polar surface area (TPSA) is 44.2 Å². The smallest absolute Gasteiger partial charge is 0.120 e. The summed E-state index contributed by atoms with van der Waals surface area (Å²) in [4.78, 5) is 9.36. The number of aryl methyl sites for hydroxylation is 1. The van der Waals surface area contributed by atoms with Crippen LogP contribution in [0.1, 0.15) is 35.7 Å². The van der Waals surface area contributed by atoms with Crippen LogP contribution in [0.5, 0.6) is 5.75 Å². The molecule has 1 saturated heterocycles. The summed E-state index contributed by atoms with van der Waals surface area (Å²) in [5, 5.41) is 2.29. The number of nitrogens with zero attached hydrogens (tertiary/aromatic N) is 2. The van der Waals surface area contributed by atoms with Gasteiger partial charge in [-0.25, -0.2) is 0 Å². The van der Waals surface area contributed by atoms with Gasteiger partial charge in [-0.15, -0.1) is 0 Å². The van der Waals surface area contributed by atoms with E-state index in [-0.39, 0.29) is 0 Å². The van der Waals surface area contributed by atoms with E-state index in [1.165, 1.54) is 22.2 Å². The molecule has 1 aliphatic heterocycles. The van der Waals surface area contributed by atoms with E-state index in [1.807, 2.05) is 37.5 Å². The zero-order valence-corrected chi connectivity index (χ0v) is 17.8. The van der Waals surface area contributed by atoms with Gasteiger partial charge in [0, 0.05) is 48.2 Å². The highest BCUT2D eigenvalue weighted by Crippen LogP contribution is 2.39. The molecule has 2 aromatic heterocycles. The number of hydrogen-bond acceptors (Lipinski definition) is 4. The van der Waals surface area contributed by atoms with Crippen molar-refractivity contribution in [2.75, 3.05) is 13.2 Å². The maximum absolute atomic E-state index is 6.06. The van der Waals surface area contributed by atoms with Crippen LogP contribution in [-0.4, -0.2) is 23.2 Å². The molecule has 4 heteroatoms. The lowest BCUT2D eigenvalue weighted by atomic mass is 9.87. The quantitative estimate of drug-likeness (QED) is 0.400. The summed E-state index contributed by atoms with van der Waals surface area (Å²) in [6.07, 6.45) is 5.89. The van der Waals surface area contributed by atoms with E-state index < -0.39 is 0 Å². The monoisotopic (exact) mass is 410 g/mol. The molecule has 0 N–H and O–H groups in total. The van der Waals surface area contributed by atoms with Gasteiger partial charge in [-0.2, -0.15) is 0 Å². The van der Waals surface area contributed by atoms with Crippen LogP contribution in [0.3, 0.4) is 0 Å². The van der Waals surface area contributed by atoms with Crippen molar-refractivity contribution in [3.05, 3.63) is 90.0 Å². The molecular formula is C27H26N2O2. The van der Waals surface area contributed by atoms with Gasteiger partial charge in [0.15, 0.2) is 0 Å². The molecule has 0 aliphatic carbocycles. The number of ether oxygens (including phenoxy) is 2. The molecular weight excluding hydrogens is 384 g/mol. The molecule has 0 bridgehead atoms. The summed E-state index contributed by atoms with van der Waals surface area (Å²) in [7, 11) is 0. The molecule has 0 saturated carbocycles. The van der Waals surface area contributed by atoms with Crippen LogP contribution in [-0.2, 0) is 11.3 Å². The zero-order valence-electron chi connectivity index (χ0n) is 17.8. The zero-order chi connectivity index (χ0) is 21.0. The van der Waals surface area contributed by atoms with Crippen LogP contribution in [0.4, 0.5) is 0 Å². The third kappa shape index (κ3) is 4.30. The van der Waals surface area contributed by atoms with Gasteiger partial charge in [0.2, 0.25) is 0 Å². The Balaban J connectivity index is 1.55. The number of benzene rings is 2. The van der Waals surface area contributed by atoms with E-state index in [4.69, 9.17) is 14.5 Å². The van der Waals surface area contributed by atoms with Gasteiger partial charge < -0.3 is 9.47 Å². The Labute approximate surface area is 182 Å². The molecule has 0 unspecified atom stereocenters. The van der Waals surface area contributed by atoms with E-state index in [0.29, 0.717) is 12.5 Å². The van der Waals surface area contributed by atoms with Crippen molar-refractivity contribution in [2.45, 2.75) is 32.3 Å². The van der Waals surface area contributed by atoms with E-state index >= 15 is 0 Å². The highest BCUT2D eigenvalue weighted by molar-refractivity contribution is 5.98. The fourth-order valence-electron chi connectivity index (χ4n) is 4.33. The summed E-state index contributed by atoms with van der Waals surface area (Å²) < 4.78 is 11.7. The fourth-order valence-corrected chi connectivity index (χ4v) is 4.33. The second-order valence-electron chi connectivity index (χ2n) is 8.11. The van der Waals surface area contributed by atoms with Crippen molar-refractivity contribution in [3.63, 3.8) is 0 Å². The molecule has 2 aromatic carbocycles. The van der Waals surface area contributed by atoms with Crippen LogP contribution in [0, 0.1) is 6.92 Å². The summed E-state index contributed by atoms with van der Waals surface area (Å²) in [6.45, 7) is 4.18. The summed E-state index contributed by atoms with van der Waals surface area (Å²) >= 11 is 0. The Kier molecular flexibility index (Phi) is 5.63. The molecule has 0 atom stereocenters. The third-order valence-corrected chi connectivity index (χ3v) is 5.93. The standard InChI is InChI=1S/C27H26N2O2/c1-19-15-22(9-12-28-19)26-25-8-7-24(31-18-20-5-3-2-4-6-20)16-23(25)17-29-27(26)21-10-13-30-14-11-21/h2-9,12,15-17,21H,10-11,13-14,18H2,1H3. The molecule has 156 valence electrons. The molecule has 3 heterocycles. The van der Waals surface area contributed by atoms with Crippen molar-refractivity contribution >= 4 is 10.8 Å². The first kappa shape index (κ1) is 19.7. The lowest BCUT2D eigenvalue weighted by molar-refractivity contribution is 0.0846. The Hall–Kier alpha value is -3.24. The summed E-state index contributed by atoms with van der Waals surface area (Å²) in [5.41, 5.74) is 5.72. The molecule has 0 spiro atoms. The largest absolute Gasteiger partial charge is 0.489 e. The molecule has 4 nitrogen and oxygen atoms in total. The van der Waals surface area contributed by atoms with E-state index in [0.717, 1.165) is 48.4 Å². The van der Waals surface area contributed by atoms with Crippen LogP contribution in [0.2, 0.25) is 0 Å². The minimum Gasteiger partial charge on any atom is -0.489 e. The van der Waals surface area contributed by atoms with Crippen LogP contribution in [0.25, 0.3) is 21.9 Å². The Morgan fingerprint density at radius 3 is 2.61 bits per heavy atom. The van der Waals surface area contributed by atoms with Gasteiger partial charge in [-0.1, -0.05) is 30.3 Å². The number of aromatic nitrogens is 2. The van der Waals surface area contributed by atoms with E-state index in [9.17, 15) is 0 Å². The maximum atomic E-state index is 6.06. The van der Waals surface area contributed by atoms with E-state index in [2.05, 4.69) is 47.4 Å². The SMILES string of the molecule is Cc1cc(-c2c(C3CCOCC3)ncc3cc(OCc4ccccc4)ccc23)ccn1. The van der Waals surface area contributed by atoms with Gasteiger partial charge in [0.1, 0.15) is 12.4 Å². The van der Waals surface area contributed by atoms with Crippen molar-refractivity contribution in [1.82, 2.24) is 9.97 Å². The number of rotatable bonds is 5. The first-order chi connectivity index (χ1) is 15.3. The van der Waals surface area contributed by atoms with Crippen LogP contribution in [0.15, 0.2) is 73.1 Å². The Morgan fingerprint density at radius 2 is 1.81 bits per heavy atom. The van der Waals surface area contributed by atoms with Crippen molar-refractivity contribution in [3.8, 4) is 16.9 Å². The maximum Gasteiger partial charge on any atom is 0.120 e. The molecule has 4 aromatic rings. The van der Waals surface area contributed by atoms with Gasteiger partial charge in [-0.3, -0.25) is 9.97 Å². The third-order valence-electron chi connectivity index (χ3n) is 5.93. The summed E-state index contributed by atoms with van der Waals surface area (Å²) in [5.74, 6) is 1.27. The second-order valence-corrected chi connectivity index (χ2v) is 8.11. The van der Waals surface area contributed by atoms with Crippen LogP contribution < -0.4 is 4.74 Å². The first-order valence-corrected chi connectivity index (χ1v) is 10.9. The average molecular weight is 411 g/mol. The predicted octanol–water partition coefficient (Wildman–Crippen LogP) is 6.08.